The van der Waals surface area contributed by atoms with Crippen molar-refractivity contribution < 1.29 is 27.4 Å². The van der Waals surface area contributed by atoms with Gasteiger partial charge in [-0.3, -0.25) is 4.79 Å². The van der Waals surface area contributed by atoms with Gasteiger partial charge in [-0.2, -0.15) is 13.2 Å². The molecule has 3 aliphatic rings. The minimum atomic E-state index is -4.39. The number of carbonyl (C=O) groups is 1. The second-order valence-electron chi connectivity index (χ2n) is 11.4. The third-order valence-electron chi connectivity index (χ3n) is 8.80. The molecule has 224 valence electrons. The van der Waals surface area contributed by atoms with Crippen LogP contribution < -0.4 is 5.32 Å². The van der Waals surface area contributed by atoms with E-state index >= 15 is 0 Å². The zero-order valence-electron chi connectivity index (χ0n) is 23.8. The first kappa shape index (κ1) is 29.7. The number of ether oxygens (including phenoxy) is 2. The number of nitrogens with one attached hydrogen (secondary N) is 1. The maximum Gasteiger partial charge on any atom is 0.416 e. The molecule has 5 rings (SSSR count). The molecule has 11 heteroatoms. The predicted octanol–water partition coefficient (Wildman–Crippen LogP) is 5.24. The minimum absolute atomic E-state index is 0.0805. The van der Waals surface area contributed by atoms with E-state index in [1.165, 1.54) is 18.5 Å². The lowest BCUT2D eigenvalue weighted by Gasteiger charge is -2.41. The Kier molecular flexibility index (Phi) is 9.45. The highest BCUT2D eigenvalue weighted by molar-refractivity contribution is 5.94. The number of likely N-dealkylation sites (tertiary alicyclic amines) is 2. The van der Waals surface area contributed by atoms with Gasteiger partial charge in [0, 0.05) is 51.4 Å². The van der Waals surface area contributed by atoms with Gasteiger partial charge in [0.25, 0.3) is 5.91 Å². The lowest BCUT2D eigenvalue weighted by Crippen LogP contribution is -2.49. The zero-order valence-corrected chi connectivity index (χ0v) is 23.8. The first-order chi connectivity index (χ1) is 19.7. The molecular formula is C30H40F3N5O3. The van der Waals surface area contributed by atoms with Crippen LogP contribution in [-0.2, 0) is 15.7 Å². The van der Waals surface area contributed by atoms with Gasteiger partial charge in [0.05, 0.1) is 23.9 Å². The van der Waals surface area contributed by atoms with Crippen molar-refractivity contribution in [3.63, 3.8) is 0 Å². The third kappa shape index (κ3) is 7.18. The van der Waals surface area contributed by atoms with E-state index in [9.17, 15) is 18.0 Å². The fourth-order valence-electron chi connectivity index (χ4n) is 6.32. The quantitative estimate of drug-likeness (QED) is 0.484. The largest absolute Gasteiger partial charge is 0.416 e. The smallest absolute Gasteiger partial charge is 0.381 e. The van der Waals surface area contributed by atoms with Crippen molar-refractivity contribution in [1.29, 1.82) is 0 Å². The molecular weight excluding hydrogens is 535 g/mol. The fraction of sp³-hybridized carbons (Fsp3) is 0.633. The van der Waals surface area contributed by atoms with Crippen LogP contribution in [0.2, 0.25) is 0 Å². The van der Waals surface area contributed by atoms with E-state index in [1.54, 1.807) is 13.2 Å². The highest BCUT2D eigenvalue weighted by Gasteiger charge is 2.33. The Balaban J connectivity index is 1.15. The van der Waals surface area contributed by atoms with Crippen LogP contribution in [0.4, 0.5) is 19.0 Å². The van der Waals surface area contributed by atoms with Crippen LogP contribution in [-0.4, -0.2) is 83.8 Å². The average Bonchev–Trinajstić information content (AvgIpc) is 3.00. The number of piperidine rings is 2. The Morgan fingerprint density at radius 1 is 1.07 bits per heavy atom. The second kappa shape index (κ2) is 13.0. The molecule has 3 saturated heterocycles. The highest BCUT2D eigenvalue weighted by atomic mass is 19.4. The Morgan fingerprint density at radius 3 is 2.54 bits per heavy atom. The fourth-order valence-corrected chi connectivity index (χ4v) is 6.32. The first-order valence-corrected chi connectivity index (χ1v) is 14.7. The number of rotatable bonds is 7. The number of aromatic nitrogens is 2. The van der Waals surface area contributed by atoms with E-state index in [-0.39, 0.29) is 12.0 Å². The van der Waals surface area contributed by atoms with E-state index in [4.69, 9.17) is 9.47 Å². The molecule has 4 heterocycles. The van der Waals surface area contributed by atoms with E-state index in [1.807, 2.05) is 11.8 Å². The Hall–Kier alpha value is -2.76. The van der Waals surface area contributed by atoms with Crippen molar-refractivity contribution in [2.75, 3.05) is 45.2 Å². The molecule has 3 aliphatic heterocycles. The molecule has 2 atom stereocenters. The molecule has 1 amide bonds. The maximum absolute atomic E-state index is 13.4. The van der Waals surface area contributed by atoms with Crippen molar-refractivity contribution in [3.05, 3.63) is 53.0 Å². The van der Waals surface area contributed by atoms with Crippen molar-refractivity contribution in [1.82, 2.24) is 19.8 Å². The maximum atomic E-state index is 13.4. The Morgan fingerprint density at radius 2 is 1.83 bits per heavy atom. The summed E-state index contributed by atoms with van der Waals surface area (Å²) in [5.74, 6) is 0.493. The van der Waals surface area contributed by atoms with Crippen LogP contribution in [0, 0.1) is 6.92 Å². The van der Waals surface area contributed by atoms with E-state index < -0.39 is 17.8 Å². The first-order valence-electron chi connectivity index (χ1n) is 14.7. The lowest BCUT2D eigenvalue weighted by atomic mass is 9.97. The van der Waals surface area contributed by atoms with Gasteiger partial charge in [-0.1, -0.05) is 12.1 Å². The van der Waals surface area contributed by atoms with Gasteiger partial charge >= 0.3 is 6.18 Å². The third-order valence-corrected chi connectivity index (χ3v) is 8.80. The summed E-state index contributed by atoms with van der Waals surface area (Å²) < 4.78 is 51.2. The molecule has 0 bridgehead atoms. The number of alkyl halides is 3. The molecule has 0 spiro atoms. The van der Waals surface area contributed by atoms with Gasteiger partial charge in [0.15, 0.2) is 0 Å². The highest BCUT2D eigenvalue weighted by Crippen LogP contribution is 2.35. The SMILES string of the molecule is COC1CCN(C2CCN(C(=O)c3ncnc(NC[C@@H]4CCC[C@H](c5cccc(C(F)(F)F)c5)O4)c3C)CC2)CC1. The summed E-state index contributed by atoms with van der Waals surface area (Å²) in [4.78, 5) is 26.5. The summed E-state index contributed by atoms with van der Waals surface area (Å²) in [7, 11) is 1.78. The van der Waals surface area contributed by atoms with Gasteiger partial charge < -0.3 is 24.6 Å². The average molecular weight is 576 g/mol. The predicted molar refractivity (Wildman–Crippen MR) is 149 cm³/mol. The van der Waals surface area contributed by atoms with Crippen molar-refractivity contribution in [3.8, 4) is 0 Å². The monoisotopic (exact) mass is 575 g/mol. The summed E-state index contributed by atoms with van der Waals surface area (Å²) in [6.45, 7) is 5.77. The molecule has 8 nitrogen and oxygen atoms in total. The van der Waals surface area contributed by atoms with Crippen LogP contribution in [0.25, 0.3) is 0 Å². The van der Waals surface area contributed by atoms with Crippen LogP contribution in [0.1, 0.15) is 78.2 Å². The number of benzene rings is 1. The van der Waals surface area contributed by atoms with Crippen LogP contribution in [0.5, 0.6) is 0 Å². The van der Waals surface area contributed by atoms with E-state index in [2.05, 4.69) is 20.2 Å². The molecule has 0 aliphatic carbocycles. The van der Waals surface area contributed by atoms with Gasteiger partial charge in [0.2, 0.25) is 0 Å². The summed E-state index contributed by atoms with van der Waals surface area (Å²) in [5, 5.41) is 3.30. The lowest BCUT2D eigenvalue weighted by molar-refractivity contribution is -0.137. The van der Waals surface area contributed by atoms with Gasteiger partial charge in [-0.25, -0.2) is 9.97 Å². The zero-order chi connectivity index (χ0) is 29.0. The van der Waals surface area contributed by atoms with Gasteiger partial charge in [-0.05, 0) is 69.6 Å². The molecule has 1 aromatic carbocycles. The molecule has 0 radical (unpaired) electrons. The molecule has 1 aromatic heterocycles. The van der Waals surface area contributed by atoms with Gasteiger partial charge in [0.1, 0.15) is 17.8 Å². The number of nitrogens with zero attached hydrogens (tertiary/aromatic N) is 4. The second-order valence-corrected chi connectivity index (χ2v) is 11.4. The molecule has 2 aromatic rings. The number of methoxy groups -OCH3 is 1. The standard InChI is InChI=1S/C30H40F3N5O3/c1-20-27(29(39)38-13-9-23(10-14-38)37-15-11-24(40-2)12-16-37)35-19-36-28(20)34-18-25-7-4-8-26(41-25)21-5-3-6-22(17-21)30(31,32)33/h3,5-6,17,19,23-26H,4,7-16,18H2,1-2H3,(H,34,35,36)/t25-,26+/m0/s1. The van der Waals surface area contributed by atoms with E-state index in [0.717, 1.165) is 57.7 Å². The van der Waals surface area contributed by atoms with Crippen molar-refractivity contribution in [2.24, 2.45) is 0 Å². The number of anilines is 1. The number of carbonyl (C=O) groups excluding carboxylic acids is 1. The summed E-state index contributed by atoms with van der Waals surface area (Å²) in [5.41, 5.74) is 0.960. The Labute approximate surface area is 239 Å². The summed E-state index contributed by atoms with van der Waals surface area (Å²) in [6, 6.07) is 5.87. The number of hydrogen-bond acceptors (Lipinski definition) is 7. The van der Waals surface area contributed by atoms with Crippen molar-refractivity contribution in [2.45, 2.75) is 82.4 Å². The van der Waals surface area contributed by atoms with Gasteiger partial charge in [-0.15, -0.1) is 0 Å². The molecule has 1 N–H and O–H groups in total. The molecule has 0 saturated carbocycles. The normalized spacial score (nSPS) is 23.5. The Bertz CT molecular complexity index is 1180. The summed E-state index contributed by atoms with van der Waals surface area (Å²) in [6.07, 6.45) is 3.12. The minimum Gasteiger partial charge on any atom is -0.381 e. The van der Waals surface area contributed by atoms with E-state index in [0.29, 0.717) is 60.8 Å². The molecule has 3 fully saturated rings. The topological polar surface area (TPSA) is 79.8 Å². The number of halogens is 3. The van der Waals surface area contributed by atoms with Crippen LogP contribution >= 0.6 is 0 Å². The number of amides is 1. The number of hydrogen-bond donors (Lipinski definition) is 1. The van der Waals surface area contributed by atoms with Crippen LogP contribution in [0.3, 0.4) is 0 Å². The van der Waals surface area contributed by atoms with Crippen LogP contribution in [0.15, 0.2) is 30.6 Å². The van der Waals surface area contributed by atoms with Crippen molar-refractivity contribution >= 4 is 11.7 Å². The molecule has 41 heavy (non-hydrogen) atoms. The summed E-state index contributed by atoms with van der Waals surface area (Å²) >= 11 is 0. The molecule has 0 unspecified atom stereocenters.